The minimum atomic E-state index is -0.838. The van der Waals surface area contributed by atoms with Gasteiger partial charge in [0.25, 0.3) is 0 Å². The maximum Gasteiger partial charge on any atom is 0.353 e. The Balaban J connectivity index is 1.83. The fraction of sp³-hybridized carbons (Fsp3) is 0.389. The van der Waals surface area contributed by atoms with Crippen LogP contribution in [0.15, 0.2) is 30.6 Å². The number of rotatable bonds is 7. The minimum Gasteiger partial charge on any atom is -0.494 e. The van der Waals surface area contributed by atoms with Crippen molar-refractivity contribution in [1.82, 2.24) is 9.97 Å². The third kappa shape index (κ3) is 4.27. The molecule has 0 atom stereocenters. The molecule has 1 saturated heterocycles. The number of aromatic nitrogens is 2. The number of nitrogens with zero attached hydrogens (tertiary/aromatic N) is 4. The Morgan fingerprint density at radius 3 is 2.57 bits per heavy atom. The molecule has 28 heavy (non-hydrogen) atoms. The summed E-state index contributed by atoms with van der Waals surface area (Å²) in [6, 6.07) is 7.01. The fourth-order valence-electron chi connectivity index (χ4n) is 3.14. The molecule has 2 aromatic rings. The van der Waals surface area contributed by atoms with E-state index in [1.54, 1.807) is 29.2 Å². The summed E-state index contributed by atoms with van der Waals surface area (Å²) in [7, 11) is 0. The average Bonchev–Trinajstić information content (AvgIpc) is 2.69. The fourth-order valence-corrected chi connectivity index (χ4v) is 3.14. The van der Waals surface area contributed by atoms with Crippen LogP contribution in [-0.2, 0) is 4.79 Å². The van der Waals surface area contributed by atoms with Crippen LogP contribution in [0, 0.1) is 16.0 Å². The quantitative estimate of drug-likeness (QED) is 0.544. The summed E-state index contributed by atoms with van der Waals surface area (Å²) in [5.74, 6) is -0.294. The minimum absolute atomic E-state index is 0.0829. The van der Waals surface area contributed by atoms with Crippen LogP contribution in [0.4, 0.5) is 23.0 Å². The molecule has 1 aliphatic rings. The molecule has 1 aliphatic heterocycles. The summed E-state index contributed by atoms with van der Waals surface area (Å²) in [6.45, 7) is 3.21. The van der Waals surface area contributed by atoms with Crippen molar-refractivity contribution in [1.29, 1.82) is 0 Å². The zero-order valence-electron chi connectivity index (χ0n) is 15.4. The van der Waals surface area contributed by atoms with E-state index in [2.05, 4.69) is 15.3 Å². The number of ether oxygens (including phenoxy) is 1. The second-order valence-electron chi connectivity index (χ2n) is 6.33. The second-order valence-corrected chi connectivity index (χ2v) is 6.33. The molecule has 148 valence electrons. The maximum atomic E-state index is 11.7. The summed E-state index contributed by atoms with van der Waals surface area (Å²) in [4.78, 5) is 32.2. The van der Waals surface area contributed by atoms with E-state index in [0.717, 1.165) is 0 Å². The van der Waals surface area contributed by atoms with Crippen molar-refractivity contribution >= 4 is 29.0 Å². The van der Waals surface area contributed by atoms with Gasteiger partial charge in [0.2, 0.25) is 11.6 Å². The molecular weight excluding hydrogens is 366 g/mol. The van der Waals surface area contributed by atoms with Crippen LogP contribution < -0.4 is 15.0 Å². The lowest BCUT2D eigenvalue weighted by Crippen LogP contribution is -2.37. The SMILES string of the molecule is CCOc1ccc(Nc2ncnc(N3CCC(C(=O)O)CC3)c2[N+](=O)[O-])cc1. The smallest absolute Gasteiger partial charge is 0.353 e. The topological polar surface area (TPSA) is 131 Å². The van der Waals surface area contributed by atoms with Crippen molar-refractivity contribution in [3.05, 3.63) is 40.7 Å². The van der Waals surface area contributed by atoms with Gasteiger partial charge in [-0.2, -0.15) is 0 Å². The van der Waals surface area contributed by atoms with Gasteiger partial charge in [0.05, 0.1) is 17.4 Å². The number of hydrogen-bond acceptors (Lipinski definition) is 8. The predicted molar refractivity (Wildman–Crippen MR) is 102 cm³/mol. The van der Waals surface area contributed by atoms with E-state index in [-0.39, 0.29) is 17.3 Å². The Kier molecular flexibility index (Phi) is 5.87. The first kappa shape index (κ1) is 19.3. The van der Waals surface area contributed by atoms with Gasteiger partial charge in [-0.25, -0.2) is 9.97 Å². The van der Waals surface area contributed by atoms with Gasteiger partial charge < -0.3 is 20.1 Å². The molecule has 2 N–H and O–H groups in total. The Bertz CT molecular complexity index is 850. The Labute approximate surface area is 161 Å². The number of aliphatic carboxylic acids is 1. The van der Waals surface area contributed by atoms with Gasteiger partial charge in [-0.15, -0.1) is 0 Å². The molecule has 0 spiro atoms. The van der Waals surface area contributed by atoms with E-state index in [4.69, 9.17) is 9.84 Å². The number of carboxylic acids is 1. The van der Waals surface area contributed by atoms with Crippen molar-refractivity contribution in [3.63, 3.8) is 0 Å². The second kappa shape index (κ2) is 8.51. The normalized spacial score (nSPS) is 14.5. The number of anilines is 3. The van der Waals surface area contributed by atoms with Crippen LogP contribution in [0.2, 0.25) is 0 Å². The van der Waals surface area contributed by atoms with Crippen LogP contribution in [0.5, 0.6) is 5.75 Å². The average molecular weight is 387 g/mol. The van der Waals surface area contributed by atoms with E-state index < -0.39 is 16.8 Å². The van der Waals surface area contributed by atoms with Crippen LogP contribution in [0.1, 0.15) is 19.8 Å². The van der Waals surface area contributed by atoms with Gasteiger partial charge in [-0.05, 0) is 44.0 Å². The van der Waals surface area contributed by atoms with Crippen molar-refractivity contribution < 1.29 is 19.6 Å². The molecular formula is C18H21N5O5. The van der Waals surface area contributed by atoms with Crippen LogP contribution >= 0.6 is 0 Å². The van der Waals surface area contributed by atoms with Gasteiger partial charge in [0.1, 0.15) is 12.1 Å². The molecule has 1 aromatic heterocycles. The molecule has 0 aliphatic carbocycles. The number of carboxylic acid groups (broad SMARTS) is 1. The van der Waals surface area contributed by atoms with Crippen molar-refractivity contribution in [3.8, 4) is 5.75 Å². The first-order chi connectivity index (χ1) is 13.5. The molecule has 10 heteroatoms. The number of hydrogen-bond donors (Lipinski definition) is 2. The summed E-state index contributed by atoms with van der Waals surface area (Å²) >= 11 is 0. The molecule has 1 fully saturated rings. The van der Waals surface area contributed by atoms with Gasteiger partial charge >= 0.3 is 11.7 Å². The molecule has 0 saturated carbocycles. The monoisotopic (exact) mass is 387 g/mol. The Hall–Kier alpha value is -3.43. The molecule has 1 aromatic carbocycles. The maximum absolute atomic E-state index is 11.7. The number of nitro groups is 1. The summed E-state index contributed by atoms with van der Waals surface area (Å²) in [5, 5.41) is 23.8. The third-order valence-corrected chi connectivity index (χ3v) is 4.56. The van der Waals surface area contributed by atoms with Crippen LogP contribution in [-0.4, -0.2) is 45.7 Å². The predicted octanol–water partition coefficient (Wildman–Crippen LogP) is 2.83. The lowest BCUT2D eigenvalue weighted by atomic mass is 9.97. The van der Waals surface area contributed by atoms with Gasteiger partial charge in [0, 0.05) is 18.8 Å². The zero-order valence-corrected chi connectivity index (χ0v) is 15.4. The van der Waals surface area contributed by atoms with Crippen molar-refractivity contribution in [2.75, 3.05) is 29.9 Å². The highest BCUT2D eigenvalue weighted by Crippen LogP contribution is 2.35. The van der Waals surface area contributed by atoms with Crippen LogP contribution in [0.3, 0.4) is 0 Å². The zero-order chi connectivity index (χ0) is 20.1. The van der Waals surface area contributed by atoms with E-state index in [0.29, 0.717) is 44.0 Å². The first-order valence-corrected chi connectivity index (χ1v) is 8.96. The molecule has 0 amide bonds. The highest BCUT2D eigenvalue weighted by Gasteiger charge is 2.31. The van der Waals surface area contributed by atoms with Gasteiger partial charge in [0.15, 0.2) is 0 Å². The molecule has 0 radical (unpaired) electrons. The van der Waals surface area contributed by atoms with E-state index in [1.165, 1.54) is 6.33 Å². The summed E-state index contributed by atoms with van der Waals surface area (Å²) in [5.41, 5.74) is 0.394. The highest BCUT2D eigenvalue weighted by molar-refractivity contribution is 5.75. The molecule has 10 nitrogen and oxygen atoms in total. The largest absolute Gasteiger partial charge is 0.494 e. The number of benzene rings is 1. The molecule has 3 rings (SSSR count). The summed E-state index contributed by atoms with van der Waals surface area (Å²) in [6.07, 6.45) is 2.10. The lowest BCUT2D eigenvalue weighted by molar-refractivity contribution is -0.383. The van der Waals surface area contributed by atoms with Crippen molar-refractivity contribution in [2.24, 2.45) is 5.92 Å². The van der Waals surface area contributed by atoms with Crippen molar-refractivity contribution in [2.45, 2.75) is 19.8 Å². The molecule has 2 heterocycles. The molecule has 0 unspecified atom stereocenters. The van der Waals surface area contributed by atoms with Gasteiger partial charge in [-0.1, -0.05) is 0 Å². The molecule has 0 bridgehead atoms. The number of carbonyl (C=O) groups is 1. The van der Waals surface area contributed by atoms with E-state index in [1.807, 2.05) is 6.92 Å². The first-order valence-electron chi connectivity index (χ1n) is 8.96. The number of nitrogens with one attached hydrogen (secondary N) is 1. The Morgan fingerprint density at radius 1 is 1.32 bits per heavy atom. The standard InChI is InChI=1S/C18H21N5O5/c1-2-28-14-5-3-13(4-6-14)21-16-15(23(26)27)17(20-11-19-16)22-9-7-12(8-10-22)18(24)25/h3-6,11-12H,2,7-10H2,1H3,(H,24,25)(H,19,20,21). The highest BCUT2D eigenvalue weighted by atomic mass is 16.6. The van der Waals surface area contributed by atoms with E-state index in [9.17, 15) is 14.9 Å². The third-order valence-electron chi connectivity index (χ3n) is 4.56. The lowest BCUT2D eigenvalue weighted by Gasteiger charge is -2.30. The Morgan fingerprint density at radius 2 is 2.00 bits per heavy atom. The van der Waals surface area contributed by atoms with Gasteiger partial charge in [-0.3, -0.25) is 14.9 Å². The summed E-state index contributed by atoms with van der Waals surface area (Å²) < 4.78 is 5.39. The number of piperidine rings is 1. The van der Waals surface area contributed by atoms with Crippen LogP contribution in [0.25, 0.3) is 0 Å². The van der Waals surface area contributed by atoms with E-state index >= 15 is 0 Å².